The van der Waals surface area contributed by atoms with Crippen molar-refractivity contribution in [2.45, 2.75) is 63.6 Å². The van der Waals surface area contributed by atoms with Crippen molar-refractivity contribution in [3.63, 3.8) is 0 Å². The summed E-state index contributed by atoms with van der Waals surface area (Å²) in [7, 11) is -2.57. The van der Waals surface area contributed by atoms with E-state index >= 15 is 0 Å². The number of halogens is 1. The lowest BCUT2D eigenvalue weighted by molar-refractivity contribution is 0.124. The Morgan fingerprint density at radius 3 is 2.03 bits per heavy atom. The molecule has 1 aliphatic rings. The molecular weight excluding hydrogens is 474 g/mol. The van der Waals surface area contributed by atoms with Crippen molar-refractivity contribution >= 4 is 47.4 Å². The lowest BCUT2D eigenvalue weighted by atomic mass is 9.93. The van der Waals surface area contributed by atoms with Gasteiger partial charge in [0.15, 0.2) is 5.65 Å². The van der Waals surface area contributed by atoms with E-state index in [1.165, 1.54) is 10.4 Å². The maximum atomic E-state index is 7.35. The third-order valence-electron chi connectivity index (χ3n) is 7.20. The van der Waals surface area contributed by atoms with Crippen molar-refractivity contribution in [2.24, 2.45) is 0 Å². The molecule has 0 aliphatic heterocycles. The molecule has 0 saturated heterocycles. The van der Waals surface area contributed by atoms with E-state index in [0.717, 1.165) is 25.7 Å². The van der Waals surface area contributed by atoms with Gasteiger partial charge in [-0.05, 0) is 52.7 Å². The normalized spacial score (nSPS) is 19.2. The van der Waals surface area contributed by atoms with E-state index in [-0.39, 0.29) is 22.5 Å². The average Bonchev–Trinajstić information content (AvgIpc) is 3.18. The van der Waals surface area contributed by atoms with Gasteiger partial charge in [0.25, 0.3) is 8.32 Å². The molecule has 2 heterocycles. The van der Waals surface area contributed by atoms with E-state index in [9.17, 15) is 0 Å². The minimum Gasteiger partial charge on any atom is -0.404 e. The van der Waals surface area contributed by atoms with Crippen LogP contribution in [0.25, 0.3) is 11.2 Å². The molecule has 4 aromatic rings. The van der Waals surface area contributed by atoms with Crippen molar-refractivity contribution in [3.05, 3.63) is 72.1 Å². The highest BCUT2D eigenvalue weighted by Crippen LogP contribution is 2.41. The number of nitrogens with two attached hydrogens (primary N) is 1. The number of hydrogen-bond acceptors (Lipinski definition) is 5. The molecule has 8 heteroatoms. The molecule has 2 aromatic carbocycles. The third-order valence-corrected chi connectivity index (χ3v) is 12.5. The predicted molar refractivity (Wildman–Crippen MR) is 145 cm³/mol. The molecule has 0 atom stereocenters. The van der Waals surface area contributed by atoms with Crippen LogP contribution in [0, 0.1) is 0 Å². The minimum absolute atomic E-state index is 0.0365. The molecule has 0 radical (unpaired) electrons. The molecule has 2 aromatic heterocycles. The highest BCUT2D eigenvalue weighted by atomic mass is 35.5. The molecule has 35 heavy (non-hydrogen) atoms. The first-order valence-corrected chi connectivity index (χ1v) is 14.5. The molecule has 1 fully saturated rings. The fourth-order valence-corrected chi connectivity index (χ4v) is 10.5. The van der Waals surface area contributed by atoms with E-state index in [1.54, 1.807) is 6.20 Å². The van der Waals surface area contributed by atoms with Crippen LogP contribution in [0.15, 0.2) is 66.9 Å². The lowest BCUT2D eigenvalue weighted by Gasteiger charge is -2.46. The molecule has 2 N–H and O–H groups in total. The molecule has 1 aliphatic carbocycles. The molecule has 5 rings (SSSR count). The Kier molecular flexibility index (Phi) is 6.42. The van der Waals surface area contributed by atoms with Crippen LogP contribution in [0.5, 0.6) is 0 Å². The number of aromatic nitrogens is 4. The Hall–Kier alpha value is -2.74. The predicted octanol–water partition coefficient (Wildman–Crippen LogP) is 5.12. The van der Waals surface area contributed by atoms with Crippen molar-refractivity contribution in [3.8, 4) is 0 Å². The SMILES string of the molecule is CC(C)(C)[Si](O[C@H]1CC[C@H](n2c(N)nc3cnc(Cl)nc32)CC1)(c1ccccc1)c1ccccc1. The average molecular weight is 506 g/mol. The molecule has 0 bridgehead atoms. The van der Waals surface area contributed by atoms with Gasteiger partial charge in [0, 0.05) is 12.1 Å². The Morgan fingerprint density at radius 2 is 1.49 bits per heavy atom. The molecule has 0 unspecified atom stereocenters. The summed E-state index contributed by atoms with van der Waals surface area (Å²) >= 11 is 6.07. The van der Waals surface area contributed by atoms with Gasteiger partial charge < -0.3 is 10.2 Å². The second kappa shape index (κ2) is 9.37. The fraction of sp³-hybridized carbons (Fsp3) is 0.370. The van der Waals surface area contributed by atoms with Crippen molar-refractivity contribution in [1.82, 2.24) is 19.5 Å². The maximum absolute atomic E-state index is 7.35. The topological polar surface area (TPSA) is 78.9 Å². The van der Waals surface area contributed by atoms with Crippen LogP contribution in [-0.2, 0) is 4.43 Å². The summed E-state index contributed by atoms with van der Waals surface area (Å²) < 4.78 is 9.38. The van der Waals surface area contributed by atoms with Gasteiger partial charge in [-0.1, -0.05) is 81.4 Å². The van der Waals surface area contributed by atoms with Crippen LogP contribution >= 0.6 is 11.6 Å². The highest BCUT2D eigenvalue weighted by molar-refractivity contribution is 6.99. The maximum Gasteiger partial charge on any atom is 0.261 e. The molecule has 6 nitrogen and oxygen atoms in total. The largest absolute Gasteiger partial charge is 0.404 e. The first-order chi connectivity index (χ1) is 16.8. The third kappa shape index (κ3) is 4.37. The monoisotopic (exact) mass is 505 g/mol. The molecule has 0 spiro atoms. The van der Waals surface area contributed by atoms with Crippen LogP contribution in [0.2, 0.25) is 10.3 Å². The number of anilines is 1. The number of hydrogen-bond donors (Lipinski definition) is 1. The first-order valence-electron chi connectivity index (χ1n) is 12.2. The Balaban J connectivity index is 1.45. The molecule has 182 valence electrons. The Labute approximate surface area is 212 Å². The minimum atomic E-state index is -2.57. The second-order valence-electron chi connectivity index (χ2n) is 10.4. The van der Waals surface area contributed by atoms with Crippen LogP contribution in [0.1, 0.15) is 52.5 Å². The van der Waals surface area contributed by atoms with Gasteiger partial charge >= 0.3 is 0 Å². The fourth-order valence-electron chi connectivity index (χ4n) is 5.61. The number of imidazole rings is 1. The van der Waals surface area contributed by atoms with Gasteiger partial charge in [0.2, 0.25) is 11.2 Å². The summed E-state index contributed by atoms with van der Waals surface area (Å²) in [5.74, 6) is 0.466. The van der Waals surface area contributed by atoms with Gasteiger partial charge in [-0.3, -0.25) is 4.57 Å². The summed E-state index contributed by atoms with van der Waals surface area (Å²) in [6.45, 7) is 6.98. The standard InChI is InChI=1S/C27H32ClN5OSi/c1-27(2,3)35(21-10-6-4-7-11-21,22-12-8-5-9-13-22)34-20-16-14-19(15-17-20)33-24-23(31-26(33)29)18-30-25(28)32-24/h4-13,18-20H,14-17H2,1-3H3,(H2,29,31)/t19-,20-. The van der Waals surface area contributed by atoms with Gasteiger partial charge in [-0.2, -0.15) is 4.98 Å². The van der Waals surface area contributed by atoms with Crippen LogP contribution in [0.3, 0.4) is 0 Å². The quantitative estimate of drug-likeness (QED) is 0.301. The summed E-state index contributed by atoms with van der Waals surface area (Å²) in [6.07, 6.45) is 5.60. The highest BCUT2D eigenvalue weighted by Gasteiger charge is 2.51. The van der Waals surface area contributed by atoms with Crippen molar-refractivity contribution in [2.75, 3.05) is 5.73 Å². The Morgan fingerprint density at radius 1 is 0.914 bits per heavy atom. The second-order valence-corrected chi connectivity index (χ2v) is 15.0. The number of rotatable bonds is 5. The Bertz CT molecular complexity index is 1260. The zero-order chi connectivity index (χ0) is 24.6. The molecule has 1 saturated carbocycles. The van der Waals surface area contributed by atoms with E-state index in [1.807, 2.05) is 4.57 Å². The van der Waals surface area contributed by atoms with Crippen molar-refractivity contribution < 1.29 is 4.43 Å². The number of fused-ring (bicyclic) bond motifs is 1. The van der Waals surface area contributed by atoms with Crippen LogP contribution in [-0.4, -0.2) is 33.9 Å². The van der Waals surface area contributed by atoms with Crippen LogP contribution < -0.4 is 16.1 Å². The summed E-state index contributed by atoms with van der Waals surface area (Å²) in [4.78, 5) is 12.9. The van der Waals surface area contributed by atoms with Crippen LogP contribution in [0.4, 0.5) is 5.95 Å². The van der Waals surface area contributed by atoms with Gasteiger partial charge in [0.1, 0.15) is 5.52 Å². The number of nitrogen functional groups attached to an aromatic ring is 1. The lowest BCUT2D eigenvalue weighted by Crippen LogP contribution is -2.67. The van der Waals surface area contributed by atoms with Gasteiger partial charge in [-0.15, -0.1) is 0 Å². The van der Waals surface area contributed by atoms with Crippen molar-refractivity contribution in [1.29, 1.82) is 0 Å². The first kappa shape index (κ1) is 24.0. The van der Waals surface area contributed by atoms with E-state index in [0.29, 0.717) is 17.1 Å². The smallest absolute Gasteiger partial charge is 0.261 e. The molecule has 0 amide bonds. The number of benzene rings is 2. The zero-order valence-electron chi connectivity index (χ0n) is 20.5. The zero-order valence-corrected chi connectivity index (χ0v) is 22.2. The van der Waals surface area contributed by atoms with E-state index in [4.69, 9.17) is 21.8 Å². The number of nitrogens with zero attached hydrogens (tertiary/aromatic N) is 4. The summed E-state index contributed by atoms with van der Waals surface area (Å²) in [5.41, 5.74) is 7.68. The van der Waals surface area contributed by atoms with Gasteiger partial charge in [-0.25, -0.2) is 9.97 Å². The van der Waals surface area contributed by atoms with Gasteiger partial charge in [0.05, 0.1) is 6.20 Å². The summed E-state index contributed by atoms with van der Waals surface area (Å²) in [6, 6.07) is 21.9. The summed E-state index contributed by atoms with van der Waals surface area (Å²) in [5, 5.41) is 2.81. The van der Waals surface area contributed by atoms with E-state index in [2.05, 4.69) is 96.4 Å². The molecular formula is C27H32ClN5OSi. The van der Waals surface area contributed by atoms with E-state index < -0.39 is 8.32 Å².